The third kappa shape index (κ3) is 2.07. The van der Waals surface area contributed by atoms with Crippen LogP contribution >= 0.6 is 0 Å². The highest BCUT2D eigenvalue weighted by Gasteiger charge is 2.32. The van der Waals surface area contributed by atoms with Crippen LogP contribution in [0.4, 0.5) is 0 Å². The molecule has 0 aromatic heterocycles. The molecule has 0 radical (unpaired) electrons. The monoisotopic (exact) mass is 180 g/mol. The number of nitriles is 1. The molecule has 0 aromatic carbocycles. The van der Waals surface area contributed by atoms with Crippen LogP contribution in [-0.2, 0) is 4.79 Å². The molecule has 1 saturated heterocycles. The summed E-state index contributed by atoms with van der Waals surface area (Å²) < 4.78 is 0. The first-order chi connectivity index (χ1) is 5.97. The minimum atomic E-state index is -0.436. The third-order valence-corrected chi connectivity index (χ3v) is 2.74. The third-order valence-electron chi connectivity index (χ3n) is 2.74. The fourth-order valence-electron chi connectivity index (χ4n) is 1.59. The molecule has 0 amide bonds. The zero-order valence-electron chi connectivity index (χ0n) is 8.50. The molecular formula is C10H16N2O. The molecule has 1 rings (SSSR count). The van der Waals surface area contributed by atoms with E-state index in [1.165, 1.54) is 0 Å². The van der Waals surface area contributed by atoms with Crippen LogP contribution in [0.1, 0.15) is 27.2 Å². The van der Waals surface area contributed by atoms with Crippen LogP contribution in [-0.4, -0.2) is 29.3 Å². The maximum atomic E-state index is 11.2. The van der Waals surface area contributed by atoms with E-state index < -0.39 is 5.54 Å². The number of likely N-dealkylation sites (tertiary alicyclic amines) is 1. The van der Waals surface area contributed by atoms with Crippen LogP contribution in [0, 0.1) is 17.2 Å². The van der Waals surface area contributed by atoms with Crippen molar-refractivity contribution in [2.24, 2.45) is 5.92 Å². The lowest BCUT2D eigenvalue weighted by molar-refractivity contribution is -0.126. The summed E-state index contributed by atoms with van der Waals surface area (Å²) in [5.41, 5.74) is -0.436. The largest absolute Gasteiger partial charge is 0.299 e. The number of ketones is 1. The first kappa shape index (κ1) is 10.2. The molecule has 0 bridgehead atoms. The normalized spacial score (nSPS) is 25.7. The molecule has 1 atom stereocenters. The SMILES string of the molecule is CC1CN(C(C)(C)C#N)CCC1=O. The van der Waals surface area contributed by atoms with Gasteiger partial charge in [-0.2, -0.15) is 5.26 Å². The van der Waals surface area contributed by atoms with Gasteiger partial charge < -0.3 is 0 Å². The van der Waals surface area contributed by atoms with E-state index >= 15 is 0 Å². The first-order valence-corrected chi connectivity index (χ1v) is 4.66. The van der Waals surface area contributed by atoms with E-state index in [0.29, 0.717) is 12.2 Å². The van der Waals surface area contributed by atoms with Gasteiger partial charge in [0.15, 0.2) is 0 Å². The van der Waals surface area contributed by atoms with Gasteiger partial charge in [0.25, 0.3) is 0 Å². The number of carbonyl (C=O) groups excluding carboxylic acids is 1. The van der Waals surface area contributed by atoms with E-state index in [2.05, 4.69) is 11.0 Å². The van der Waals surface area contributed by atoms with E-state index in [1.54, 1.807) is 0 Å². The van der Waals surface area contributed by atoms with Gasteiger partial charge in [-0.3, -0.25) is 9.69 Å². The highest BCUT2D eigenvalue weighted by atomic mass is 16.1. The fourth-order valence-corrected chi connectivity index (χ4v) is 1.59. The van der Waals surface area contributed by atoms with Crippen molar-refractivity contribution in [1.29, 1.82) is 5.26 Å². The summed E-state index contributed by atoms with van der Waals surface area (Å²) in [5.74, 6) is 0.409. The van der Waals surface area contributed by atoms with E-state index in [4.69, 9.17) is 5.26 Å². The summed E-state index contributed by atoms with van der Waals surface area (Å²) in [6, 6.07) is 2.26. The highest BCUT2D eigenvalue weighted by Crippen LogP contribution is 2.21. The molecule has 1 fully saturated rings. The Hall–Kier alpha value is -0.880. The minimum absolute atomic E-state index is 0.0846. The van der Waals surface area contributed by atoms with Crippen molar-refractivity contribution in [2.75, 3.05) is 13.1 Å². The number of rotatable bonds is 1. The van der Waals surface area contributed by atoms with Crippen molar-refractivity contribution in [2.45, 2.75) is 32.7 Å². The van der Waals surface area contributed by atoms with Gasteiger partial charge in [0.2, 0.25) is 0 Å². The van der Waals surface area contributed by atoms with Crippen molar-refractivity contribution in [3.05, 3.63) is 0 Å². The van der Waals surface area contributed by atoms with Crippen molar-refractivity contribution < 1.29 is 4.79 Å². The number of hydrogen-bond acceptors (Lipinski definition) is 3. The highest BCUT2D eigenvalue weighted by molar-refractivity contribution is 5.81. The number of piperidine rings is 1. The summed E-state index contributed by atoms with van der Waals surface area (Å²) in [6.07, 6.45) is 0.590. The average molecular weight is 180 g/mol. The second kappa shape index (κ2) is 3.47. The Morgan fingerprint density at radius 1 is 1.62 bits per heavy atom. The lowest BCUT2D eigenvalue weighted by Crippen LogP contribution is -2.50. The van der Waals surface area contributed by atoms with Gasteiger partial charge >= 0.3 is 0 Å². The van der Waals surface area contributed by atoms with Crippen LogP contribution < -0.4 is 0 Å². The smallest absolute Gasteiger partial charge is 0.138 e. The molecule has 1 unspecified atom stereocenters. The molecule has 1 aliphatic heterocycles. The summed E-state index contributed by atoms with van der Waals surface area (Å²) in [4.78, 5) is 13.3. The quantitative estimate of drug-likeness (QED) is 0.609. The first-order valence-electron chi connectivity index (χ1n) is 4.66. The van der Waals surface area contributed by atoms with Gasteiger partial charge in [0.1, 0.15) is 11.3 Å². The lowest BCUT2D eigenvalue weighted by Gasteiger charge is -2.37. The van der Waals surface area contributed by atoms with Crippen LogP contribution in [0.5, 0.6) is 0 Å². The fraction of sp³-hybridized carbons (Fsp3) is 0.800. The van der Waals surface area contributed by atoms with Gasteiger partial charge in [-0.1, -0.05) is 6.92 Å². The summed E-state index contributed by atoms with van der Waals surface area (Å²) >= 11 is 0. The Balaban J connectivity index is 2.66. The average Bonchev–Trinajstić information content (AvgIpc) is 2.09. The molecule has 0 saturated carbocycles. The Bertz CT molecular complexity index is 252. The van der Waals surface area contributed by atoms with E-state index in [-0.39, 0.29) is 5.92 Å². The zero-order valence-corrected chi connectivity index (χ0v) is 8.50. The molecular weight excluding hydrogens is 164 g/mol. The van der Waals surface area contributed by atoms with Gasteiger partial charge in [-0.15, -0.1) is 0 Å². The predicted molar refractivity (Wildman–Crippen MR) is 50.1 cm³/mol. The zero-order chi connectivity index (χ0) is 10.1. The van der Waals surface area contributed by atoms with Crippen LogP contribution in [0.3, 0.4) is 0 Å². The summed E-state index contributed by atoms with van der Waals surface area (Å²) in [5, 5.41) is 8.92. The molecule has 3 nitrogen and oxygen atoms in total. The van der Waals surface area contributed by atoms with Crippen molar-refractivity contribution >= 4 is 5.78 Å². The summed E-state index contributed by atoms with van der Waals surface area (Å²) in [7, 11) is 0. The van der Waals surface area contributed by atoms with Crippen molar-refractivity contribution in [3.8, 4) is 6.07 Å². The summed E-state index contributed by atoms with van der Waals surface area (Å²) in [6.45, 7) is 7.18. The van der Waals surface area contributed by atoms with E-state index in [1.807, 2.05) is 20.8 Å². The van der Waals surface area contributed by atoms with Crippen LogP contribution in [0.2, 0.25) is 0 Å². The molecule has 0 spiro atoms. The molecule has 3 heteroatoms. The molecule has 0 aliphatic carbocycles. The second-order valence-corrected chi connectivity index (χ2v) is 4.23. The molecule has 0 N–H and O–H groups in total. The minimum Gasteiger partial charge on any atom is -0.299 e. The van der Waals surface area contributed by atoms with Crippen molar-refractivity contribution in [3.63, 3.8) is 0 Å². The molecule has 0 aromatic rings. The van der Waals surface area contributed by atoms with E-state index in [0.717, 1.165) is 13.1 Å². The maximum absolute atomic E-state index is 11.2. The lowest BCUT2D eigenvalue weighted by atomic mass is 9.93. The second-order valence-electron chi connectivity index (χ2n) is 4.23. The van der Waals surface area contributed by atoms with Gasteiger partial charge in [-0.25, -0.2) is 0 Å². The van der Waals surface area contributed by atoms with Crippen LogP contribution in [0.15, 0.2) is 0 Å². The number of Topliss-reactive ketones (excluding diaryl/α,β-unsaturated/α-hetero) is 1. The van der Waals surface area contributed by atoms with Gasteiger partial charge in [0.05, 0.1) is 6.07 Å². The number of hydrogen-bond donors (Lipinski definition) is 0. The maximum Gasteiger partial charge on any atom is 0.138 e. The Morgan fingerprint density at radius 3 is 2.69 bits per heavy atom. The molecule has 13 heavy (non-hydrogen) atoms. The number of carbonyl (C=O) groups is 1. The predicted octanol–water partition coefficient (Wildman–Crippen LogP) is 1.20. The Kier molecular flexibility index (Phi) is 2.72. The van der Waals surface area contributed by atoms with Gasteiger partial charge in [-0.05, 0) is 13.8 Å². The van der Waals surface area contributed by atoms with Gasteiger partial charge in [0, 0.05) is 25.4 Å². The topological polar surface area (TPSA) is 44.1 Å². The van der Waals surface area contributed by atoms with E-state index in [9.17, 15) is 4.79 Å². The van der Waals surface area contributed by atoms with Crippen LogP contribution in [0.25, 0.3) is 0 Å². The standard InChI is InChI=1S/C10H16N2O/c1-8-6-12(5-4-9(8)13)10(2,3)7-11/h8H,4-6H2,1-3H3. The molecule has 1 heterocycles. The number of nitrogens with zero attached hydrogens (tertiary/aromatic N) is 2. The molecule has 72 valence electrons. The van der Waals surface area contributed by atoms with Crippen molar-refractivity contribution in [1.82, 2.24) is 4.90 Å². The Labute approximate surface area is 79.3 Å². The Morgan fingerprint density at radius 2 is 2.23 bits per heavy atom. The molecule has 1 aliphatic rings.